The molecule has 0 spiro atoms. The van der Waals surface area contributed by atoms with Crippen LogP contribution in [0.5, 0.6) is 0 Å². The van der Waals surface area contributed by atoms with E-state index in [2.05, 4.69) is 10.6 Å². The fraction of sp³-hybridized carbons (Fsp3) is 0.118. The monoisotopic (exact) mass is 343 g/mol. The normalized spacial score (nSPS) is 9.83. The second-order valence-electron chi connectivity index (χ2n) is 4.79. The first kappa shape index (κ1) is 17.5. The Hall–Kier alpha value is -2.85. The number of hydrogen-bond donors (Lipinski definition) is 2. The Morgan fingerprint density at radius 1 is 1.00 bits per heavy atom. The van der Waals surface area contributed by atoms with E-state index in [0.29, 0.717) is 16.9 Å². The molecule has 2 aromatic carbocycles. The van der Waals surface area contributed by atoms with E-state index < -0.39 is 0 Å². The minimum absolute atomic E-state index is 0.100. The van der Waals surface area contributed by atoms with E-state index in [9.17, 15) is 14.0 Å². The number of nitrogens with zero attached hydrogens (tertiary/aromatic N) is 1. The van der Waals surface area contributed by atoms with Gasteiger partial charge in [-0.1, -0.05) is 6.07 Å². The van der Waals surface area contributed by atoms with Crippen LogP contribution in [-0.4, -0.2) is 23.3 Å². The largest absolute Gasteiger partial charge is 0.325 e. The summed E-state index contributed by atoms with van der Waals surface area (Å²) in [6, 6.07) is 14.0. The predicted molar refractivity (Wildman–Crippen MR) is 92.1 cm³/mol. The van der Waals surface area contributed by atoms with Gasteiger partial charge in [0.15, 0.2) is 0 Å². The average molecular weight is 343 g/mol. The molecule has 0 bridgehead atoms. The van der Waals surface area contributed by atoms with Crippen LogP contribution in [0.25, 0.3) is 0 Å². The summed E-state index contributed by atoms with van der Waals surface area (Å²) in [5, 5.41) is 14.1. The quantitative estimate of drug-likeness (QED) is 0.845. The Bertz CT molecular complexity index is 772. The lowest BCUT2D eigenvalue weighted by atomic mass is 10.2. The van der Waals surface area contributed by atoms with Crippen molar-refractivity contribution in [1.82, 2.24) is 0 Å². The van der Waals surface area contributed by atoms with E-state index in [1.807, 2.05) is 6.07 Å². The van der Waals surface area contributed by atoms with Gasteiger partial charge in [0.1, 0.15) is 5.82 Å². The summed E-state index contributed by atoms with van der Waals surface area (Å²) in [5.74, 6) is -0.702. The molecule has 2 amide bonds. The fourth-order valence-electron chi connectivity index (χ4n) is 1.83. The maximum absolute atomic E-state index is 12.8. The topological polar surface area (TPSA) is 82.0 Å². The summed E-state index contributed by atoms with van der Waals surface area (Å²) < 4.78 is 12.8. The molecule has 2 aromatic rings. The number of amides is 2. The van der Waals surface area contributed by atoms with Crippen molar-refractivity contribution in [2.24, 2.45) is 0 Å². The van der Waals surface area contributed by atoms with Crippen LogP contribution >= 0.6 is 11.8 Å². The molecule has 0 aliphatic rings. The van der Waals surface area contributed by atoms with Gasteiger partial charge in [0.25, 0.3) is 0 Å². The highest BCUT2D eigenvalue weighted by atomic mass is 32.2. The number of benzene rings is 2. The molecule has 0 aromatic heterocycles. The number of halogens is 1. The minimum atomic E-state index is -0.375. The van der Waals surface area contributed by atoms with Gasteiger partial charge >= 0.3 is 0 Å². The van der Waals surface area contributed by atoms with Crippen LogP contribution in [0.1, 0.15) is 5.56 Å². The molecule has 0 atom stereocenters. The van der Waals surface area contributed by atoms with E-state index in [1.54, 1.807) is 24.3 Å². The SMILES string of the molecule is N#Cc1cccc(NC(=O)CSCC(=O)Nc2ccc(F)cc2)c1. The van der Waals surface area contributed by atoms with Crippen molar-refractivity contribution in [2.45, 2.75) is 0 Å². The number of nitriles is 1. The van der Waals surface area contributed by atoms with E-state index in [1.165, 1.54) is 24.3 Å². The van der Waals surface area contributed by atoms with Crippen LogP contribution < -0.4 is 10.6 Å². The second-order valence-corrected chi connectivity index (χ2v) is 5.77. The Morgan fingerprint density at radius 2 is 1.62 bits per heavy atom. The highest BCUT2D eigenvalue weighted by Gasteiger charge is 2.07. The number of nitrogens with one attached hydrogen (secondary N) is 2. The van der Waals surface area contributed by atoms with Gasteiger partial charge in [0.2, 0.25) is 11.8 Å². The summed E-state index contributed by atoms with van der Waals surface area (Å²) in [6.07, 6.45) is 0. The van der Waals surface area contributed by atoms with Crippen LogP contribution in [-0.2, 0) is 9.59 Å². The molecule has 0 saturated heterocycles. The molecular formula is C17H14FN3O2S. The second kappa shape index (κ2) is 8.70. The fourth-order valence-corrected chi connectivity index (χ4v) is 2.45. The smallest absolute Gasteiger partial charge is 0.234 e. The zero-order valence-electron chi connectivity index (χ0n) is 12.6. The van der Waals surface area contributed by atoms with Gasteiger partial charge in [-0.25, -0.2) is 4.39 Å². The standard InChI is InChI=1S/C17H14FN3O2S/c18-13-4-6-14(7-5-13)20-16(22)10-24-11-17(23)21-15-3-1-2-12(8-15)9-19/h1-8H,10-11H2,(H,20,22)(H,21,23). The van der Waals surface area contributed by atoms with Gasteiger partial charge in [-0.05, 0) is 42.5 Å². The van der Waals surface area contributed by atoms with Crippen molar-refractivity contribution in [3.8, 4) is 6.07 Å². The van der Waals surface area contributed by atoms with Gasteiger partial charge in [-0.2, -0.15) is 5.26 Å². The zero-order valence-corrected chi connectivity index (χ0v) is 13.4. The first-order chi connectivity index (χ1) is 11.6. The lowest BCUT2D eigenvalue weighted by Gasteiger charge is -2.06. The third-order valence-corrected chi connectivity index (χ3v) is 3.80. The van der Waals surface area contributed by atoms with Crippen molar-refractivity contribution < 1.29 is 14.0 Å². The Kier molecular flexibility index (Phi) is 6.34. The highest BCUT2D eigenvalue weighted by molar-refractivity contribution is 8.00. The lowest BCUT2D eigenvalue weighted by Crippen LogP contribution is -2.18. The van der Waals surface area contributed by atoms with Crippen molar-refractivity contribution in [3.63, 3.8) is 0 Å². The van der Waals surface area contributed by atoms with E-state index in [4.69, 9.17) is 5.26 Å². The molecule has 0 unspecified atom stereocenters. The summed E-state index contributed by atoms with van der Waals surface area (Å²) in [7, 11) is 0. The van der Waals surface area contributed by atoms with Crippen LogP contribution in [0.2, 0.25) is 0 Å². The van der Waals surface area contributed by atoms with Crippen LogP contribution in [0.3, 0.4) is 0 Å². The molecule has 7 heteroatoms. The van der Waals surface area contributed by atoms with Crippen molar-refractivity contribution in [1.29, 1.82) is 5.26 Å². The molecule has 0 fully saturated rings. The molecule has 2 N–H and O–H groups in total. The first-order valence-corrected chi connectivity index (χ1v) is 8.15. The summed E-state index contributed by atoms with van der Waals surface area (Å²) in [4.78, 5) is 23.5. The Balaban J connectivity index is 1.73. The molecule has 24 heavy (non-hydrogen) atoms. The molecule has 0 radical (unpaired) electrons. The number of hydrogen-bond acceptors (Lipinski definition) is 4. The van der Waals surface area contributed by atoms with Crippen molar-refractivity contribution in [2.75, 3.05) is 22.1 Å². The third-order valence-electron chi connectivity index (χ3n) is 2.87. The van der Waals surface area contributed by atoms with E-state index in [-0.39, 0.29) is 29.1 Å². The number of thioether (sulfide) groups is 1. The van der Waals surface area contributed by atoms with Crippen molar-refractivity contribution >= 4 is 35.0 Å². The van der Waals surface area contributed by atoms with Gasteiger partial charge < -0.3 is 10.6 Å². The molecule has 5 nitrogen and oxygen atoms in total. The maximum atomic E-state index is 12.8. The number of carbonyl (C=O) groups is 2. The van der Waals surface area contributed by atoms with Gasteiger partial charge in [-0.3, -0.25) is 9.59 Å². The molecule has 0 aliphatic heterocycles. The van der Waals surface area contributed by atoms with Crippen LogP contribution in [0, 0.1) is 17.1 Å². The molecule has 2 rings (SSSR count). The lowest BCUT2D eigenvalue weighted by molar-refractivity contribution is -0.114. The van der Waals surface area contributed by atoms with Gasteiger partial charge in [0, 0.05) is 11.4 Å². The highest BCUT2D eigenvalue weighted by Crippen LogP contribution is 2.12. The Morgan fingerprint density at radius 3 is 2.25 bits per heavy atom. The van der Waals surface area contributed by atoms with Gasteiger partial charge in [-0.15, -0.1) is 11.8 Å². The number of anilines is 2. The predicted octanol–water partition coefficient (Wildman–Crippen LogP) is 3.01. The summed E-state index contributed by atoms with van der Waals surface area (Å²) in [5.41, 5.74) is 1.49. The minimum Gasteiger partial charge on any atom is -0.325 e. The van der Waals surface area contributed by atoms with E-state index >= 15 is 0 Å². The summed E-state index contributed by atoms with van der Waals surface area (Å²) in [6.45, 7) is 0. The molecule has 0 heterocycles. The molecular weight excluding hydrogens is 329 g/mol. The van der Waals surface area contributed by atoms with Gasteiger partial charge in [0.05, 0.1) is 23.1 Å². The van der Waals surface area contributed by atoms with Crippen molar-refractivity contribution in [3.05, 3.63) is 59.9 Å². The van der Waals surface area contributed by atoms with E-state index in [0.717, 1.165) is 11.8 Å². The number of rotatable bonds is 6. The van der Waals surface area contributed by atoms with Crippen LogP contribution in [0.4, 0.5) is 15.8 Å². The third kappa shape index (κ3) is 5.74. The molecule has 0 aliphatic carbocycles. The summed E-state index contributed by atoms with van der Waals surface area (Å²) >= 11 is 1.16. The molecule has 0 saturated carbocycles. The zero-order chi connectivity index (χ0) is 17.4. The van der Waals surface area contributed by atoms with Crippen LogP contribution in [0.15, 0.2) is 48.5 Å². The Labute approximate surface area is 142 Å². The first-order valence-electron chi connectivity index (χ1n) is 7.00. The maximum Gasteiger partial charge on any atom is 0.234 e. The number of carbonyl (C=O) groups excluding carboxylic acids is 2. The molecule has 122 valence electrons. The average Bonchev–Trinajstić information content (AvgIpc) is 2.57.